The first-order chi connectivity index (χ1) is 14.2. The third kappa shape index (κ3) is 4.13. The van der Waals surface area contributed by atoms with Crippen molar-refractivity contribution in [1.29, 1.82) is 0 Å². The molecule has 1 fully saturated rings. The van der Waals surface area contributed by atoms with Crippen molar-refractivity contribution in [2.24, 2.45) is 0 Å². The van der Waals surface area contributed by atoms with Crippen molar-refractivity contribution < 1.29 is 9.53 Å². The van der Waals surface area contributed by atoms with Crippen LogP contribution >= 0.6 is 11.3 Å². The highest BCUT2D eigenvalue weighted by atomic mass is 32.1. The summed E-state index contributed by atoms with van der Waals surface area (Å²) in [7, 11) is 0. The highest BCUT2D eigenvalue weighted by molar-refractivity contribution is 7.13. The molecule has 1 saturated heterocycles. The first kappa shape index (κ1) is 19.5. The summed E-state index contributed by atoms with van der Waals surface area (Å²) in [6.07, 6.45) is 8.92. The van der Waals surface area contributed by atoms with Crippen molar-refractivity contribution in [3.8, 4) is 22.1 Å². The predicted octanol–water partition coefficient (Wildman–Crippen LogP) is 3.47. The Kier molecular flexibility index (Phi) is 5.82. The minimum absolute atomic E-state index is 0.112. The van der Waals surface area contributed by atoms with Crippen molar-refractivity contribution in [3.63, 3.8) is 0 Å². The van der Waals surface area contributed by atoms with Crippen molar-refractivity contribution in [3.05, 3.63) is 53.9 Å². The van der Waals surface area contributed by atoms with Crippen LogP contribution in [0.4, 0.5) is 0 Å². The number of carbonyl (C=O) groups is 1. The fraction of sp³-hybridized carbons (Fsp3) is 0.333. The molecule has 4 heterocycles. The lowest BCUT2D eigenvalue weighted by molar-refractivity contribution is 0.0944. The maximum absolute atomic E-state index is 12.6. The number of nitrogens with zero attached hydrogens (tertiary/aromatic N) is 4. The Hall–Kier alpha value is -2.84. The van der Waals surface area contributed by atoms with E-state index >= 15 is 0 Å². The van der Waals surface area contributed by atoms with Gasteiger partial charge in [0.2, 0.25) is 0 Å². The van der Waals surface area contributed by atoms with E-state index in [1.165, 1.54) is 11.3 Å². The van der Waals surface area contributed by atoms with E-state index in [2.05, 4.69) is 26.4 Å². The van der Waals surface area contributed by atoms with Crippen molar-refractivity contribution in [2.45, 2.75) is 32.4 Å². The van der Waals surface area contributed by atoms with Crippen LogP contribution in [0.25, 0.3) is 22.1 Å². The molecule has 0 saturated carbocycles. The van der Waals surface area contributed by atoms with Gasteiger partial charge in [-0.05, 0) is 25.8 Å². The van der Waals surface area contributed by atoms with Crippen molar-refractivity contribution in [1.82, 2.24) is 24.8 Å². The van der Waals surface area contributed by atoms with Crippen molar-refractivity contribution >= 4 is 17.2 Å². The van der Waals surface area contributed by atoms with E-state index in [0.29, 0.717) is 18.7 Å². The summed E-state index contributed by atoms with van der Waals surface area (Å²) in [6.45, 7) is 7.56. The number of amides is 1. The molecule has 29 heavy (non-hydrogen) atoms. The van der Waals surface area contributed by atoms with Crippen LogP contribution in [0.3, 0.4) is 0 Å². The zero-order valence-electron chi connectivity index (χ0n) is 16.3. The van der Waals surface area contributed by atoms with Crippen molar-refractivity contribution in [2.75, 3.05) is 13.2 Å². The van der Waals surface area contributed by atoms with Gasteiger partial charge in [0.15, 0.2) is 0 Å². The molecule has 1 atom stereocenters. The lowest BCUT2D eigenvalue weighted by Crippen LogP contribution is -2.24. The minimum atomic E-state index is -0.112. The molecule has 1 unspecified atom stereocenters. The Labute approximate surface area is 173 Å². The number of carbonyl (C=O) groups excluding carboxylic acids is 1. The number of thiazole rings is 1. The molecule has 7 nitrogen and oxygen atoms in total. The summed E-state index contributed by atoms with van der Waals surface area (Å²) in [5.41, 5.74) is 4.02. The van der Waals surface area contributed by atoms with Gasteiger partial charge in [-0.3, -0.25) is 14.8 Å². The van der Waals surface area contributed by atoms with Gasteiger partial charge in [0, 0.05) is 43.2 Å². The second-order valence-electron chi connectivity index (χ2n) is 6.90. The predicted molar refractivity (Wildman–Crippen MR) is 113 cm³/mol. The average molecular weight is 410 g/mol. The Balaban J connectivity index is 1.71. The van der Waals surface area contributed by atoms with E-state index < -0.39 is 0 Å². The van der Waals surface area contributed by atoms with E-state index in [9.17, 15) is 4.79 Å². The number of aromatic nitrogens is 4. The van der Waals surface area contributed by atoms with Crippen LogP contribution in [-0.4, -0.2) is 44.7 Å². The van der Waals surface area contributed by atoms with Crippen LogP contribution in [0, 0.1) is 6.92 Å². The van der Waals surface area contributed by atoms with Gasteiger partial charge in [0.05, 0.1) is 29.3 Å². The molecule has 0 radical (unpaired) electrons. The topological polar surface area (TPSA) is 81.9 Å². The van der Waals surface area contributed by atoms with Crippen LogP contribution in [0.2, 0.25) is 0 Å². The lowest BCUT2D eigenvalue weighted by Gasteiger charge is -2.15. The summed E-state index contributed by atoms with van der Waals surface area (Å²) in [5.74, 6) is -0.112. The molecule has 1 aliphatic rings. The number of rotatable bonds is 7. The molecule has 1 amide bonds. The number of hydrogen-bond acceptors (Lipinski definition) is 6. The number of nitrogens with one attached hydrogen (secondary N) is 1. The monoisotopic (exact) mass is 409 g/mol. The van der Waals surface area contributed by atoms with Gasteiger partial charge >= 0.3 is 0 Å². The number of hydrogen-bond donors (Lipinski definition) is 1. The van der Waals surface area contributed by atoms with Gasteiger partial charge in [-0.2, -0.15) is 0 Å². The molecule has 3 aromatic rings. The van der Waals surface area contributed by atoms with Crippen LogP contribution in [0.5, 0.6) is 0 Å². The second kappa shape index (κ2) is 8.67. The summed E-state index contributed by atoms with van der Waals surface area (Å²) in [4.78, 5) is 25.9. The van der Waals surface area contributed by atoms with Gasteiger partial charge in [-0.15, -0.1) is 17.9 Å². The third-order valence-electron chi connectivity index (χ3n) is 4.98. The lowest BCUT2D eigenvalue weighted by atomic mass is 10.2. The molecule has 4 rings (SSSR count). The highest BCUT2D eigenvalue weighted by Gasteiger charge is 2.24. The van der Waals surface area contributed by atoms with Gasteiger partial charge in [-0.1, -0.05) is 6.08 Å². The van der Waals surface area contributed by atoms with Gasteiger partial charge in [0.1, 0.15) is 10.7 Å². The van der Waals surface area contributed by atoms with E-state index in [0.717, 1.165) is 47.2 Å². The van der Waals surface area contributed by atoms with E-state index in [1.54, 1.807) is 24.7 Å². The molecule has 8 heteroatoms. The average Bonchev–Trinajstić information content (AvgIpc) is 3.49. The normalized spacial score (nSPS) is 16.1. The Morgan fingerprint density at radius 3 is 3.07 bits per heavy atom. The standard InChI is InChI=1S/C21H23N5O2S/c1-3-6-24-20(27)16-10-19(26(14(16)2)12-15-5-4-9-28-15)18-13-29-21(25-18)17-11-22-7-8-23-17/h3,7-8,10-11,13,15H,1,4-6,9,12H2,2H3,(H,24,27). The SMILES string of the molecule is C=CCNC(=O)c1cc(-c2csc(-c3cnccn3)n2)n(CC2CCCO2)c1C. The highest BCUT2D eigenvalue weighted by Crippen LogP contribution is 2.31. The summed E-state index contributed by atoms with van der Waals surface area (Å²) in [5, 5.41) is 5.66. The smallest absolute Gasteiger partial charge is 0.253 e. The Morgan fingerprint density at radius 1 is 1.45 bits per heavy atom. The maximum Gasteiger partial charge on any atom is 0.253 e. The molecule has 0 bridgehead atoms. The summed E-state index contributed by atoms with van der Waals surface area (Å²) >= 11 is 1.51. The number of ether oxygens (including phenoxy) is 1. The minimum Gasteiger partial charge on any atom is -0.376 e. The molecular formula is C21H23N5O2S. The van der Waals surface area contributed by atoms with Crippen LogP contribution in [0.15, 0.2) is 42.7 Å². The maximum atomic E-state index is 12.6. The van der Waals surface area contributed by atoms with E-state index in [4.69, 9.17) is 9.72 Å². The van der Waals surface area contributed by atoms with Gasteiger partial charge in [0.25, 0.3) is 5.91 Å². The third-order valence-corrected chi connectivity index (χ3v) is 5.84. The van der Waals surface area contributed by atoms with Crippen LogP contribution < -0.4 is 5.32 Å². The molecule has 1 aliphatic heterocycles. The molecule has 3 aromatic heterocycles. The van der Waals surface area contributed by atoms with Gasteiger partial charge < -0.3 is 14.6 Å². The van der Waals surface area contributed by atoms with E-state index in [1.807, 2.05) is 18.4 Å². The zero-order valence-corrected chi connectivity index (χ0v) is 17.1. The Bertz CT molecular complexity index is 1010. The molecule has 0 aromatic carbocycles. The summed E-state index contributed by atoms with van der Waals surface area (Å²) in [6, 6.07) is 1.91. The molecular weight excluding hydrogens is 386 g/mol. The summed E-state index contributed by atoms with van der Waals surface area (Å²) < 4.78 is 7.99. The zero-order chi connectivity index (χ0) is 20.2. The quantitative estimate of drug-likeness (QED) is 0.604. The first-order valence-electron chi connectivity index (χ1n) is 9.60. The molecule has 0 spiro atoms. The molecule has 1 N–H and O–H groups in total. The van der Waals surface area contributed by atoms with E-state index in [-0.39, 0.29) is 12.0 Å². The molecule has 0 aliphatic carbocycles. The Morgan fingerprint density at radius 2 is 2.34 bits per heavy atom. The first-order valence-corrected chi connectivity index (χ1v) is 10.5. The van der Waals surface area contributed by atoms with Crippen LogP contribution in [-0.2, 0) is 11.3 Å². The molecule has 150 valence electrons. The second-order valence-corrected chi connectivity index (χ2v) is 7.76. The fourth-order valence-corrected chi connectivity index (χ4v) is 4.27. The largest absolute Gasteiger partial charge is 0.376 e. The van der Waals surface area contributed by atoms with Crippen LogP contribution in [0.1, 0.15) is 28.9 Å². The van der Waals surface area contributed by atoms with Gasteiger partial charge in [-0.25, -0.2) is 4.98 Å². The fourth-order valence-electron chi connectivity index (χ4n) is 3.49.